The first-order valence-corrected chi connectivity index (χ1v) is 12.0. The molecule has 1 aliphatic rings. The Morgan fingerprint density at radius 1 is 1.15 bits per heavy atom. The molecule has 180 valence electrons. The number of aliphatic imine (C=N–C) groups is 2. The molecule has 0 saturated carbocycles. The molecule has 8 heteroatoms. The topological polar surface area (TPSA) is 82.0 Å². The molecular formula is C26H33ClN6O. The number of nitrogens with zero attached hydrogens (tertiary/aromatic N) is 4. The van der Waals surface area contributed by atoms with Crippen molar-refractivity contribution in [2.45, 2.75) is 26.2 Å². The molecule has 3 rings (SSSR count). The van der Waals surface area contributed by atoms with Crippen LogP contribution in [0.2, 0.25) is 5.02 Å². The van der Waals surface area contributed by atoms with E-state index in [9.17, 15) is 4.79 Å². The molecule has 34 heavy (non-hydrogen) atoms. The summed E-state index contributed by atoms with van der Waals surface area (Å²) >= 11 is 6.13. The number of amides is 1. The van der Waals surface area contributed by atoms with Crippen LogP contribution in [0.3, 0.4) is 0 Å². The van der Waals surface area contributed by atoms with Gasteiger partial charge >= 0.3 is 0 Å². The van der Waals surface area contributed by atoms with Gasteiger partial charge in [0.15, 0.2) is 0 Å². The standard InChI is InChI=1S/C26H33ClN6O/c1-19(32-26(34)22-6-4-5-7-23(22)27)18-24(28-2)25(29-3)31-15-8-20-11-16-33(17-12-20)21-9-13-30-14-10-21/h4-7,9-10,13-14,18,20H,8,11-12,15-17H2,1-3H3,(H,29,31)(H,32,34)/b19-18+,28-24?. The molecule has 1 fully saturated rings. The Morgan fingerprint density at radius 2 is 1.85 bits per heavy atom. The molecule has 1 amide bonds. The Hall–Kier alpha value is -3.19. The lowest BCUT2D eigenvalue weighted by Crippen LogP contribution is -2.36. The van der Waals surface area contributed by atoms with Crippen LogP contribution in [0.1, 0.15) is 36.5 Å². The molecule has 2 heterocycles. The molecule has 0 bridgehead atoms. The van der Waals surface area contributed by atoms with E-state index >= 15 is 0 Å². The van der Waals surface area contributed by atoms with Gasteiger partial charge in [0.25, 0.3) is 5.91 Å². The number of anilines is 1. The Kier molecular flexibility index (Phi) is 9.64. The van der Waals surface area contributed by atoms with E-state index in [1.54, 1.807) is 38.4 Å². The smallest absolute Gasteiger partial charge is 0.256 e. The number of amidine groups is 1. The van der Waals surface area contributed by atoms with Crippen LogP contribution in [-0.4, -0.2) is 56.2 Å². The van der Waals surface area contributed by atoms with Crippen LogP contribution in [0, 0.1) is 5.92 Å². The number of nitrogens with one attached hydrogen (secondary N) is 2. The summed E-state index contributed by atoms with van der Waals surface area (Å²) in [6, 6.07) is 11.1. The summed E-state index contributed by atoms with van der Waals surface area (Å²) in [6.45, 7) is 4.78. The SMILES string of the molecule is CN=C(/C=C(\C)NC(=O)c1ccccc1Cl)C(=NC)NCCC1CCN(c2ccncc2)CC1. The molecule has 1 aliphatic heterocycles. The van der Waals surface area contributed by atoms with Gasteiger partial charge in [0.1, 0.15) is 11.5 Å². The third kappa shape index (κ3) is 7.15. The highest BCUT2D eigenvalue weighted by molar-refractivity contribution is 6.45. The third-order valence-corrected chi connectivity index (χ3v) is 6.31. The Bertz CT molecular complexity index is 1040. The molecule has 0 aliphatic carbocycles. The van der Waals surface area contributed by atoms with Crippen molar-refractivity contribution in [1.29, 1.82) is 0 Å². The quantitative estimate of drug-likeness (QED) is 0.434. The number of aromatic nitrogens is 1. The maximum absolute atomic E-state index is 12.5. The monoisotopic (exact) mass is 480 g/mol. The van der Waals surface area contributed by atoms with E-state index in [0.717, 1.165) is 26.1 Å². The van der Waals surface area contributed by atoms with E-state index in [4.69, 9.17) is 11.6 Å². The number of hydrogen-bond donors (Lipinski definition) is 2. The fourth-order valence-corrected chi connectivity index (χ4v) is 4.31. The number of benzene rings is 1. The first kappa shape index (κ1) is 25.4. The normalized spacial score (nSPS) is 15.9. The summed E-state index contributed by atoms with van der Waals surface area (Å²) in [5.74, 6) is 1.14. The van der Waals surface area contributed by atoms with E-state index in [1.807, 2.05) is 25.4 Å². The number of hydrogen-bond acceptors (Lipinski definition) is 5. The minimum Gasteiger partial charge on any atom is -0.371 e. The Morgan fingerprint density at radius 3 is 2.50 bits per heavy atom. The van der Waals surface area contributed by atoms with Crippen molar-refractivity contribution >= 4 is 34.7 Å². The number of carbonyl (C=O) groups excluding carboxylic acids is 1. The minimum absolute atomic E-state index is 0.254. The fraction of sp³-hybridized carbons (Fsp3) is 0.385. The Labute approximate surface area is 207 Å². The number of halogens is 1. The molecule has 7 nitrogen and oxygen atoms in total. The lowest BCUT2D eigenvalue weighted by atomic mass is 9.93. The van der Waals surface area contributed by atoms with Crippen LogP contribution in [0.25, 0.3) is 0 Å². The van der Waals surface area contributed by atoms with E-state index in [2.05, 4.69) is 42.6 Å². The van der Waals surface area contributed by atoms with Crippen molar-refractivity contribution in [2.24, 2.45) is 15.9 Å². The predicted molar refractivity (Wildman–Crippen MR) is 141 cm³/mol. The van der Waals surface area contributed by atoms with Gasteiger partial charge in [-0.25, -0.2) is 0 Å². The summed E-state index contributed by atoms with van der Waals surface area (Å²) in [5.41, 5.74) is 3.04. The second-order valence-corrected chi connectivity index (χ2v) is 8.70. The van der Waals surface area contributed by atoms with Crippen LogP contribution in [-0.2, 0) is 0 Å². The highest BCUT2D eigenvalue weighted by atomic mass is 35.5. The average Bonchev–Trinajstić information content (AvgIpc) is 2.86. The van der Waals surface area contributed by atoms with E-state index in [-0.39, 0.29) is 5.91 Å². The van der Waals surface area contributed by atoms with Crippen LogP contribution in [0.15, 0.2) is 70.5 Å². The number of pyridine rings is 1. The highest BCUT2D eigenvalue weighted by Crippen LogP contribution is 2.24. The number of piperidine rings is 1. The van der Waals surface area contributed by atoms with Crippen molar-refractivity contribution in [1.82, 2.24) is 15.6 Å². The minimum atomic E-state index is -0.254. The molecule has 1 saturated heterocycles. The van der Waals surface area contributed by atoms with Gasteiger partial charge in [0.05, 0.1) is 10.6 Å². The summed E-state index contributed by atoms with van der Waals surface area (Å²) < 4.78 is 0. The van der Waals surface area contributed by atoms with Crippen molar-refractivity contribution in [3.63, 3.8) is 0 Å². The number of rotatable bonds is 8. The van der Waals surface area contributed by atoms with Crippen molar-refractivity contribution in [3.05, 3.63) is 71.2 Å². The fourth-order valence-electron chi connectivity index (χ4n) is 4.09. The highest BCUT2D eigenvalue weighted by Gasteiger charge is 2.19. The molecule has 2 aromatic rings. The lowest BCUT2D eigenvalue weighted by molar-refractivity contribution is 0.0966. The van der Waals surface area contributed by atoms with Gasteiger partial charge in [-0.3, -0.25) is 19.8 Å². The summed E-state index contributed by atoms with van der Waals surface area (Å²) in [7, 11) is 3.46. The van der Waals surface area contributed by atoms with Crippen LogP contribution >= 0.6 is 11.6 Å². The van der Waals surface area contributed by atoms with E-state index in [1.165, 1.54) is 18.5 Å². The molecule has 0 spiro atoms. The van der Waals surface area contributed by atoms with Crippen LogP contribution in [0.5, 0.6) is 0 Å². The molecule has 0 atom stereocenters. The van der Waals surface area contributed by atoms with E-state index in [0.29, 0.717) is 33.7 Å². The summed E-state index contributed by atoms with van der Waals surface area (Å²) in [6.07, 6.45) is 8.93. The first-order valence-electron chi connectivity index (χ1n) is 11.6. The maximum Gasteiger partial charge on any atom is 0.256 e. The number of allylic oxidation sites excluding steroid dienone is 1. The van der Waals surface area contributed by atoms with Gasteiger partial charge < -0.3 is 15.5 Å². The first-order chi connectivity index (χ1) is 16.5. The van der Waals surface area contributed by atoms with Crippen molar-refractivity contribution in [3.8, 4) is 0 Å². The zero-order valence-electron chi connectivity index (χ0n) is 20.1. The largest absolute Gasteiger partial charge is 0.371 e. The molecule has 1 aromatic carbocycles. The second-order valence-electron chi connectivity index (χ2n) is 8.29. The Balaban J connectivity index is 1.48. The van der Waals surface area contributed by atoms with Gasteiger partial charge in [-0.1, -0.05) is 23.7 Å². The zero-order chi connectivity index (χ0) is 24.3. The van der Waals surface area contributed by atoms with Gasteiger partial charge in [-0.2, -0.15) is 0 Å². The summed E-state index contributed by atoms with van der Waals surface area (Å²) in [4.78, 5) is 27.8. The van der Waals surface area contributed by atoms with Crippen molar-refractivity contribution < 1.29 is 4.79 Å². The van der Waals surface area contributed by atoms with Crippen LogP contribution in [0.4, 0.5) is 5.69 Å². The average molecular weight is 481 g/mol. The second kappa shape index (κ2) is 12.9. The third-order valence-electron chi connectivity index (χ3n) is 5.98. The van der Waals surface area contributed by atoms with Gasteiger partial charge in [-0.15, -0.1) is 0 Å². The predicted octanol–water partition coefficient (Wildman–Crippen LogP) is 4.36. The molecule has 1 aromatic heterocycles. The lowest BCUT2D eigenvalue weighted by Gasteiger charge is -2.33. The summed E-state index contributed by atoms with van der Waals surface area (Å²) in [5, 5.41) is 6.72. The van der Waals surface area contributed by atoms with Gasteiger partial charge in [0.2, 0.25) is 0 Å². The van der Waals surface area contributed by atoms with Crippen LogP contribution < -0.4 is 15.5 Å². The molecular weight excluding hydrogens is 448 g/mol. The van der Waals surface area contributed by atoms with Gasteiger partial charge in [0, 0.05) is 57.5 Å². The maximum atomic E-state index is 12.5. The molecule has 0 unspecified atom stereocenters. The van der Waals surface area contributed by atoms with E-state index < -0.39 is 0 Å². The zero-order valence-corrected chi connectivity index (χ0v) is 20.8. The van der Waals surface area contributed by atoms with Crippen molar-refractivity contribution in [2.75, 3.05) is 38.6 Å². The molecule has 0 radical (unpaired) electrons. The molecule has 2 N–H and O–H groups in total. The van der Waals surface area contributed by atoms with Gasteiger partial charge in [-0.05, 0) is 62.4 Å². The number of carbonyl (C=O) groups is 1.